The maximum atomic E-state index is 9.00. The van der Waals surface area contributed by atoms with Gasteiger partial charge in [-0.1, -0.05) is 24.3 Å². The van der Waals surface area contributed by atoms with E-state index in [4.69, 9.17) is 15.0 Å². The molecule has 0 fully saturated rings. The molecule has 0 aromatic heterocycles. The molecule has 1 heterocycles. The van der Waals surface area contributed by atoms with Crippen LogP contribution in [0, 0.1) is 0 Å². The summed E-state index contributed by atoms with van der Waals surface area (Å²) in [5.74, 6) is -0.833. The molecule has 1 aliphatic rings. The highest BCUT2D eigenvalue weighted by molar-refractivity contribution is 5.85. The van der Waals surface area contributed by atoms with E-state index >= 15 is 0 Å². The molecule has 0 spiro atoms. The number of aliphatic hydroxyl groups is 1. The summed E-state index contributed by atoms with van der Waals surface area (Å²) in [5, 5.41) is 16.2. The fourth-order valence-electron chi connectivity index (χ4n) is 1.89. The van der Waals surface area contributed by atoms with E-state index in [9.17, 15) is 0 Å². The van der Waals surface area contributed by atoms with Gasteiger partial charge in [0.1, 0.15) is 0 Å². The van der Waals surface area contributed by atoms with E-state index in [1.165, 1.54) is 11.1 Å². The van der Waals surface area contributed by atoms with Crippen molar-refractivity contribution in [1.29, 1.82) is 0 Å². The third kappa shape index (κ3) is 6.00. The van der Waals surface area contributed by atoms with Gasteiger partial charge < -0.3 is 10.2 Å². The van der Waals surface area contributed by atoms with Crippen LogP contribution in [0.15, 0.2) is 24.3 Å². The number of rotatable bonds is 2. The van der Waals surface area contributed by atoms with Gasteiger partial charge in [0.05, 0.1) is 6.61 Å². The molecule has 102 valence electrons. The highest BCUT2D eigenvalue weighted by Crippen LogP contribution is 2.17. The van der Waals surface area contributed by atoms with E-state index in [0.717, 1.165) is 33.0 Å². The van der Waals surface area contributed by atoms with Crippen LogP contribution in [0.25, 0.3) is 0 Å². The molecule has 0 bridgehead atoms. The van der Waals surface area contributed by atoms with E-state index in [1.807, 2.05) is 0 Å². The Morgan fingerprint density at radius 1 is 1.33 bits per heavy atom. The summed E-state index contributed by atoms with van der Waals surface area (Å²) in [6.07, 6.45) is 1.12. The second kappa shape index (κ2) is 8.91. The standard InChI is InChI=1S/C11H15NO.C2H4O2.ClH/c13-8-7-12-6-5-10-3-1-2-4-11(10)9-12;1-2(3)4;/h1-4,13H,5-9H2;1H3,(H,3,4);1H. The van der Waals surface area contributed by atoms with Gasteiger partial charge in [0.15, 0.2) is 0 Å². The third-order valence-electron chi connectivity index (χ3n) is 2.63. The summed E-state index contributed by atoms with van der Waals surface area (Å²) in [4.78, 5) is 11.3. The molecule has 4 nitrogen and oxygen atoms in total. The van der Waals surface area contributed by atoms with Crippen molar-refractivity contribution in [3.63, 3.8) is 0 Å². The first-order valence-electron chi connectivity index (χ1n) is 5.73. The molecule has 2 N–H and O–H groups in total. The Kier molecular flexibility index (Phi) is 8.37. The normalized spacial score (nSPS) is 13.7. The smallest absolute Gasteiger partial charge is 0.300 e. The Morgan fingerprint density at radius 3 is 2.44 bits per heavy atom. The molecule has 5 heteroatoms. The topological polar surface area (TPSA) is 60.8 Å². The second-order valence-electron chi connectivity index (χ2n) is 4.04. The fraction of sp³-hybridized carbons (Fsp3) is 0.462. The van der Waals surface area contributed by atoms with Gasteiger partial charge in [-0.2, -0.15) is 0 Å². The van der Waals surface area contributed by atoms with Gasteiger partial charge in [-0.25, -0.2) is 0 Å². The first-order valence-corrected chi connectivity index (χ1v) is 5.73. The van der Waals surface area contributed by atoms with Crippen molar-refractivity contribution in [2.24, 2.45) is 0 Å². The van der Waals surface area contributed by atoms with Crippen LogP contribution in [0.4, 0.5) is 0 Å². The Morgan fingerprint density at radius 2 is 1.89 bits per heavy atom. The van der Waals surface area contributed by atoms with E-state index in [2.05, 4.69) is 29.2 Å². The molecule has 0 atom stereocenters. The zero-order valence-electron chi connectivity index (χ0n) is 10.5. The second-order valence-corrected chi connectivity index (χ2v) is 4.04. The number of hydrogen-bond acceptors (Lipinski definition) is 3. The molecule has 1 aliphatic heterocycles. The summed E-state index contributed by atoms with van der Waals surface area (Å²) in [7, 11) is 0. The molecule has 1 aromatic carbocycles. The van der Waals surface area contributed by atoms with Crippen LogP contribution in [0.1, 0.15) is 18.1 Å². The number of carboxylic acids is 1. The van der Waals surface area contributed by atoms with Gasteiger partial charge >= 0.3 is 0 Å². The van der Waals surface area contributed by atoms with E-state index < -0.39 is 5.97 Å². The maximum absolute atomic E-state index is 9.00. The molecule has 1 aromatic rings. The number of carboxylic acid groups (broad SMARTS) is 1. The summed E-state index contributed by atoms with van der Waals surface area (Å²) in [6, 6.07) is 8.56. The summed E-state index contributed by atoms with van der Waals surface area (Å²) in [6.45, 7) is 4.23. The fourth-order valence-corrected chi connectivity index (χ4v) is 1.89. The van der Waals surface area contributed by atoms with Crippen LogP contribution in [-0.2, 0) is 17.8 Å². The monoisotopic (exact) mass is 273 g/mol. The molecule has 0 saturated carbocycles. The van der Waals surface area contributed by atoms with Crippen LogP contribution in [-0.4, -0.2) is 40.8 Å². The molecule has 18 heavy (non-hydrogen) atoms. The van der Waals surface area contributed by atoms with Crippen LogP contribution in [0.5, 0.6) is 0 Å². The average Bonchev–Trinajstić information content (AvgIpc) is 2.29. The zero-order chi connectivity index (χ0) is 12.7. The summed E-state index contributed by atoms with van der Waals surface area (Å²) in [5.41, 5.74) is 2.89. The minimum absolute atomic E-state index is 0. The van der Waals surface area contributed by atoms with Crippen molar-refractivity contribution in [3.05, 3.63) is 35.4 Å². The van der Waals surface area contributed by atoms with E-state index in [-0.39, 0.29) is 19.0 Å². The average molecular weight is 274 g/mol. The van der Waals surface area contributed by atoms with Gasteiger partial charge in [0.25, 0.3) is 5.97 Å². The Balaban J connectivity index is 0.000000512. The van der Waals surface area contributed by atoms with Gasteiger partial charge in [-0.3, -0.25) is 9.69 Å². The van der Waals surface area contributed by atoms with Gasteiger partial charge in [-0.15, -0.1) is 12.4 Å². The van der Waals surface area contributed by atoms with Gasteiger partial charge in [0.2, 0.25) is 0 Å². The molecule has 0 aliphatic carbocycles. The lowest BCUT2D eigenvalue weighted by atomic mass is 10.0. The molecule has 0 radical (unpaired) electrons. The number of β-amino-alcohol motifs (C(OH)–C–C–N with tert-alkyl or cyclic N) is 1. The van der Waals surface area contributed by atoms with E-state index in [1.54, 1.807) is 0 Å². The Bertz CT molecular complexity index is 367. The first-order chi connectivity index (χ1) is 8.13. The minimum atomic E-state index is -0.833. The number of aliphatic hydroxyl groups excluding tert-OH is 1. The van der Waals surface area contributed by atoms with Gasteiger partial charge in [-0.05, 0) is 17.5 Å². The largest absolute Gasteiger partial charge is 0.481 e. The number of halogens is 1. The maximum Gasteiger partial charge on any atom is 0.300 e. The highest BCUT2D eigenvalue weighted by atomic mass is 35.5. The predicted octanol–water partition coefficient (Wildman–Crippen LogP) is 1.55. The number of fused-ring (bicyclic) bond motifs is 1. The van der Waals surface area contributed by atoms with Crippen molar-refractivity contribution >= 4 is 18.4 Å². The lowest BCUT2D eigenvalue weighted by molar-refractivity contribution is -0.134. The number of nitrogens with zero attached hydrogens (tertiary/aromatic N) is 1. The first kappa shape index (κ1) is 16.9. The van der Waals surface area contributed by atoms with Crippen LogP contribution in [0.2, 0.25) is 0 Å². The number of carbonyl (C=O) groups is 1. The van der Waals surface area contributed by atoms with Crippen molar-refractivity contribution in [2.75, 3.05) is 19.7 Å². The van der Waals surface area contributed by atoms with E-state index in [0.29, 0.717) is 0 Å². The zero-order valence-corrected chi connectivity index (χ0v) is 11.3. The third-order valence-corrected chi connectivity index (χ3v) is 2.63. The summed E-state index contributed by atoms with van der Waals surface area (Å²) < 4.78 is 0. The molecule has 0 unspecified atom stereocenters. The predicted molar refractivity (Wildman–Crippen MR) is 73.1 cm³/mol. The number of aliphatic carboxylic acids is 1. The van der Waals surface area contributed by atoms with Gasteiger partial charge in [0, 0.05) is 26.6 Å². The summed E-state index contributed by atoms with van der Waals surface area (Å²) >= 11 is 0. The minimum Gasteiger partial charge on any atom is -0.481 e. The molecule has 0 saturated heterocycles. The Hall–Kier alpha value is -1.10. The number of benzene rings is 1. The van der Waals surface area contributed by atoms with Crippen LogP contribution >= 0.6 is 12.4 Å². The SMILES string of the molecule is CC(=O)O.Cl.OCCN1CCc2ccccc2C1. The van der Waals surface area contributed by atoms with Crippen LogP contribution in [0.3, 0.4) is 0 Å². The lowest BCUT2D eigenvalue weighted by Crippen LogP contribution is -2.32. The molecule has 2 rings (SSSR count). The van der Waals surface area contributed by atoms with Crippen LogP contribution < -0.4 is 0 Å². The van der Waals surface area contributed by atoms with Crippen molar-refractivity contribution in [3.8, 4) is 0 Å². The molecular formula is C13H20ClNO3. The lowest BCUT2D eigenvalue weighted by Gasteiger charge is -2.27. The van der Waals surface area contributed by atoms with Crippen molar-refractivity contribution in [1.82, 2.24) is 4.90 Å². The highest BCUT2D eigenvalue weighted by Gasteiger charge is 2.14. The Labute approximate surface area is 114 Å². The van der Waals surface area contributed by atoms with Crippen molar-refractivity contribution in [2.45, 2.75) is 19.9 Å². The quantitative estimate of drug-likeness (QED) is 0.858. The molecular weight excluding hydrogens is 254 g/mol. The number of hydrogen-bond donors (Lipinski definition) is 2. The van der Waals surface area contributed by atoms with Crippen molar-refractivity contribution < 1.29 is 15.0 Å². The molecule has 0 amide bonds.